The van der Waals surface area contributed by atoms with Crippen LogP contribution < -0.4 is 0 Å². The minimum absolute atomic E-state index is 0.00303. The first-order chi connectivity index (χ1) is 15.1. The second kappa shape index (κ2) is 8.82. The molecular formula is C21H24O9S2. The van der Waals surface area contributed by atoms with Crippen molar-refractivity contribution < 1.29 is 39.4 Å². The summed E-state index contributed by atoms with van der Waals surface area (Å²) in [6, 6.07) is 12.3. The highest BCUT2D eigenvalue weighted by molar-refractivity contribution is 7.87. The molecule has 11 heteroatoms. The van der Waals surface area contributed by atoms with E-state index >= 15 is 0 Å². The number of fused-ring (bicyclic) bond motifs is 2. The van der Waals surface area contributed by atoms with Crippen molar-refractivity contribution in [2.24, 2.45) is 0 Å². The number of benzene rings is 2. The van der Waals surface area contributed by atoms with Crippen LogP contribution >= 0.6 is 0 Å². The van der Waals surface area contributed by atoms with Crippen molar-refractivity contribution in [3.05, 3.63) is 59.7 Å². The Morgan fingerprint density at radius 2 is 1.25 bits per heavy atom. The van der Waals surface area contributed by atoms with Gasteiger partial charge in [-0.1, -0.05) is 35.4 Å². The first-order valence-corrected chi connectivity index (χ1v) is 12.7. The van der Waals surface area contributed by atoms with Gasteiger partial charge in [-0.05, 0) is 38.1 Å². The lowest BCUT2D eigenvalue weighted by atomic mass is 10.0. The van der Waals surface area contributed by atoms with E-state index in [-0.39, 0.29) is 16.4 Å². The van der Waals surface area contributed by atoms with Gasteiger partial charge in [-0.3, -0.25) is 8.37 Å². The Labute approximate surface area is 187 Å². The van der Waals surface area contributed by atoms with Gasteiger partial charge < -0.3 is 14.2 Å². The van der Waals surface area contributed by atoms with Crippen LogP contribution in [0, 0.1) is 13.8 Å². The molecule has 2 saturated heterocycles. The monoisotopic (exact) mass is 484 g/mol. The lowest BCUT2D eigenvalue weighted by Crippen LogP contribution is -2.56. The average molecular weight is 485 g/mol. The third-order valence-electron chi connectivity index (χ3n) is 5.37. The third kappa shape index (κ3) is 4.60. The second-order valence-corrected chi connectivity index (χ2v) is 10.9. The fraction of sp³-hybridized carbons (Fsp3) is 0.429. The van der Waals surface area contributed by atoms with Crippen LogP contribution in [0.1, 0.15) is 11.1 Å². The molecule has 174 valence electrons. The van der Waals surface area contributed by atoms with Gasteiger partial charge in [0.15, 0.2) is 12.4 Å². The normalized spacial score (nSPS) is 28.0. The summed E-state index contributed by atoms with van der Waals surface area (Å²) >= 11 is 0. The van der Waals surface area contributed by atoms with Crippen LogP contribution in [0.4, 0.5) is 0 Å². The van der Waals surface area contributed by atoms with Crippen LogP contribution in [0.2, 0.25) is 0 Å². The van der Waals surface area contributed by atoms with Crippen LogP contribution in [0.5, 0.6) is 0 Å². The van der Waals surface area contributed by atoms with Crippen LogP contribution in [0.3, 0.4) is 0 Å². The number of ether oxygens (including phenoxy) is 3. The molecule has 0 N–H and O–H groups in total. The molecular weight excluding hydrogens is 460 g/mol. The lowest BCUT2D eigenvalue weighted by Gasteiger charge is -2.37. The molecule has 2 aliphatic heterocycles. The quantitative estimate of drug-likeness (QED) is 0.544. The maximum atomic E-state index is 12.8. The summed E-state index contributed by atoms with van der Waals surface area (Å²) < 4.78 is 78.8. The number of methoxy groups -OCH3 is 1. The Morgan fingerprint density at radius 3 is 1.72 bits per heavy atom. The van der Waals surface area contributed by atoms with Crippen LogP contribution in [0.15, 0.2) is 58.3 Å². The third-order valence-corrected chi connectivity index (χ3v) is 8.02. The van der Waals surface area contributed by atoms with E-state index in [9.17, 15) is 16.8 Å². The molecule has 2 aliphatic rings. The zero-order chi connectivity index (χ0) is 23.1. The van der Waals surface area contributed by atoms with Crippen molar-refractivity contribution in [3.8, 4) is 0 Å². The highest BCUT2D eigenvalue weighted by Gasteiger charge is 2.56. The topological polar surface area (TPSA) is 114 Å². The van der Waals surface area contributed by atoms with Gasteiger partial charge in [-0.25, -0.2) is 0 Å². The number of hydrogen-bond acceptors (Lipinski definition) is 9. The van der Waals surface area contributed by atoms with Gasteiger partial charge >= 0.3 is 0 Å². The standard InChI is InChI=1S/C21H24O9S2/c1-13-4-8-15(9-5-13)31(22,23)29-18-17-12-27-19(18)20(21(26-3)28-17)30-32(24,25)16-10-6-14(2)7-11-16/h4-11,17-21H,12H2,1-3H3/t17-,18-,19-,20-,21+/m0/s1. The van der Waals surface area contributed by atoms with E-state index < -0.39 is 50.9 Å². The second-order valence-electron chi connectivity index (χ2n) is 7.73. The summed E-state index contributed by atoms with van der Waals surface area (Å²) in [6.07, 6.45) is -5.28. The van der Waals surface area contributed by atoms with Crippen molar-refractivity contribution in [2.75, 3.05) is 13.7 Å². The van der Waals surface area contributed by atoms with Crippen molar-refractivity contribution in [1.29, 1.82) is 0 Å². The van der Waals surface area contributed by atoms with E-state index in [1.54, 1.807) is 24.3 Å². The van der Waals surface area contributed by atoms with Crippen molar-refractivity contribution in [3.63, 3.8) is 0 Å². The van der Waals surface area contributed by atoms with Gasteiger partial charge in [0.1, 0.15) is 18.3 Å². The number of aryl methyl sites for hydroxylation is 2. The molecule has 0 aromatic heterocycles. The Balaban J connectivity index is 1.59. The molecule has 4 rings (SSSR count). The molecule has 0 spiro atoms. The van der Waals surface area contributed by atoms with E-state index in [1.807, 2.05) is 13.8 Å². The van der Waals surface area contributed by atoms with Gasteiger partial charge in [0.05, 0.1) is 16.4 Å². The smallest absolute Gasteiger partial charge is 0.297 e. The number of hydrogen-bond donors (Lipinski definition) is 0. The maximum absolute atomic E-state index is 12.8. The molecule has 0 radical (unpaired) electrons. The van der Waals surface area contributed by atoms with Crippen molar-refractivity contribution in [2.45, 2.75) is 54.3 Å². The van der Waals surface area contributed by atoms with E-state index in [0.29, 0.717) is 0 Å². The Bertz CT molecular complexity index is 1160. The minimum atomic E-state index is -4.21. The van der Waals surface area contributed by atoms with E-state index in [1.165, 1.54) is 31.4 Å². The van der Waals surface area contributed by atoms with Crippen LogP contribution in [-0.2, 0) is 42.8 Å². The van der Waals surface area contributed by atoms with E-state index in [4.69, 9.17) is 22.6 Å². The van der Waals surface area contributed by atoms with Gasteiger partial charge in [0.2, 0.25) is 0 Å². The van der Waals surface area contributed by atoms with Crippen LogP contribution in [-0.4, -0.2) is 61.3 Å². The highest BCUT2D eigenvalue weighted by atomic mass is 32.2. The first kappa shape index (κ1) is 23.3. The zero-order valence-electron chi connectivity index (χ0n) is 17.7. The van der Waals surface area contributed by atoms with Crippen LogP contribution in [0.25, 0.3) is 0 Å². The number of rotatable bonds is 7. The van der Waals surface area contributed by atoms with Gasteiger partial charge in [0, 0.05) is 7.11 Å². The molecule has 0 unspecified atom stereocenters. The molecule has 5 atom stereocenters. The molecule has 32 heavy (non-hydrogen) atoms. The first-order valence-electron chi connectivity index (χ1n) is 9.90. The molecule has 0 aliphatic carbocycles. The molecule has 2 aromatic rings. The average Bonchev–Trinajstić information content (AvgIpc) is 3.02. The summed E-state index contributed by atoms with van der Waals surface area (Å²) in [7, 11) is -7.03. The summed E-state index contributed by atoms with van der Waals surface area (Å²) in [4.78, 5) is -0.0797. The molecule has 0 saturated carbocycles. The maximum Gasteiger partial charge on any atom is 0.297 e. The molecule has 9 nitrogen and oxygen atoms in total. The summed E-state index contributed by atoms with van der Waals surface area (Å²) in [6.45, 7) is 3.67. The van der Waals surface area contributed by atoms with Crippen molar-refractivity contribution in [1.82, 2.24) is 0 Å². The van der Waals surface area contributed by atoms with E-state index in [0.717, 1.165) is 11.1 Å². The van der Waals surface area contributed by atoms with Gasteiger partial charge in [0.25, 0.3) is 20.2 Å². The largest absolute Gasteiger partial charge is 0.370 e. The molecule has 2 fully saturated rings. The lowest BCUT2D eigenvalue weighted by molar-refractivity contribution is -0.241. The SMILES string of the molecule is CO[C@@H]1O[C@H]2CO[C@H]([C@@H]1OS(=O)(=O)c1ccc(C)cc1)[C@H]2OS(=O)(=O)c1ccc(C)cc1. The Hall–Kier alpha value is -1.86. The predicted molar refractivity (Wildman–Crippen MR) is 112 cm³/mol. The zero-order valence-corrected chi connectivity index (χ0v) is 19.3. The fourth-order valence-electron chi connectivity index (χ4n) is 3.63. The van der Waals surface area contributed by atoms with Gasteiger partial charge in [-0.2, -0.15) is 16.8 Å². The highest BCUT2D eigenvalue weighted by Crippen LogP contribution is 2.37. The molecule has 2 heterocycles. The molecule has 2 bridgehead atoms. The Kier molecular flexibility index (Phi) is 6.43. The summed E-state index contributed by atoms with van der Waals surface area (Å²) in [5, 5.41) is 0. The van der Waals surface area contributed by atoms with Crippen molar-refractivity contribution >= 4 is 20.2 Å². The minimum Gasteiger partial charge on any atom is -0.370 e. The van der Waals surface area contributed by atoms with E-state index in [2.05, 4.69) is 0 Å². The van der Waals surface area contributed by atoms with Gasteiger partial charge in [-0.15, -0.1) is 0 Å². The fourth-order valence-corrected chi connectivity index (χ4v) is 5.81. The molecule has 2 aromatic carbocycles. The molecule has 0 amide bonds. The predicted octanol–water partition coefficient (Wildman–Crippen LogP) is 1.92. The summed E-state index contributed by atoms with van der Waals surface area (Å²) in [5.74, 6) is 0. The summed E-state index contributed by atoms with van der Waals surface area (Å²) in [5.41, 5.74) is 1.78. The Morgan fingerprint density at radius 1 is 0.781 bits per heavy atom.